The van der Waals surface area contributed by atoms with Crippen LogP contribution >= 0.6 is 0 Å². The molecule has 4 aliphatic rings. The molecule has 0 spiro atoms. The van der Waals surface area contributed by atoms with Crippen molar-refractivity contribution in [2.24, 2.45) is 0 Å². The minimum Gasteiger partial charge on any atom is -0.491 e. The predicted octanol–water partition coefficient (Wildman–Crippen LogP) is 5.73. The maximum atomic E-state index is 6.35. The molecular formula is C44H36N8O8Zn. The van der Waals surface area contributed by atoms with Crippen LogP contribution in [-0.4, -0.2) is 109 Å². The number of rotatable bonds is 0. The summed E-state index contributed by atoms with van der Waals surface area (Å²) in [4.78, 5) is 40.9. The summed E-state index contributed by atoms with van der Waals surface area (Å²) in [5.74, 6) is 3.75. The Morgan fingerprint density at radius 1 is 0.344 bits per heavy atom. The van der Waals surface area contributed by atoms with Crippen molar-refractivity contribution in [2.75, 3.05) is 79.3 Å². The van der Waals surface area contributed by atoms with Crippen LogP contribution in [0.4, 0.5) is 0 Å². The third-order valence-corrected chi connectivity index (χ3v) is 10.3. The molecule has 61 heavy (non-hydrogen) atoms. The summed E-state index contributed by atoms with van der Waals surface area (Å²) in [6.07, 6.45) is 0. The first kappa shape index (κ1) is 39.1. The van der Waals surface area contributed by atoms with Crippen LogP contribution in [0, 0.1) is 0 Å². The second-order valence-electron chi connectivity index (χ2n) is 14.0. The van der Waals surface area contributed by atoms with Crippen molar-refractivity contribution in [1.29, 1.82) is 0 Å². The van der Waals surface area contributed by atoms with Gasteiger partial charge >= 0.3 is 19.5 Å². The van der Waals surface area contributed by atoms with Gasteiger partial charge in [-0.2, -0.15) is 0 Å². The molecule has 0 aliphatic carbocycles. The summed E-state index contributed by atoms with van der Waals surface area (Å²) >= 11 is 0. The number of aromatic nitrogens is 8. The maximum Gasteiger partial charge on any atom is 2.00 e. The van der Waals surface area contributed by atoms with E-state index in [1.54, 1.807) is 0 Å². The number of ether oxygens (including phenoxy) is 8. The second kappa shape index (κ2) is 17.1. The van der Waals surface area contributed by atoms with Gasteiger partial charge in [0.2, 0.25) is 0 Å². The van der Waals surface area contributed by atoms with Crippen LogP contribution in [0.15, 0.2) is 72.8 Å². The molecule has 8 bridgehead atoms. The Labute approximate surface area is 360 Å². The van der Waals surface area contributed by atoms with E-state index in [1.165, 1.54) is 0 Å². The molecule has 0 radical (unpaired) electrons. The third kappa shape index (κ3) is 7.42. The molecule has 17 heteroatoms. The van der Waals surface area contributed by atoms with Gasteiger partial charge in [-0.25, -0.2) is 9.97 Å². The smallest absolute Gasteiger partial charge is 0.491 e. The maximum absolute atomic E-state index is 6.35. The van der Waals surface area contributed by atoms with Crippen molar-refractivity contribution in [3.05, 3.63) is 72.8 Å². The van der Waals surface area contributed by atoms with Crippen LogP contribution in [0.25, 0.3) is 89.7 Å². The second-order valence-corrected chi connectivity index (χ2v) is 14.0. The standard InChI is InChI=1S/C44H36N8O8.Zn/c1-5-25-33-29(9-1)57-21-17-53-13-14-54-18-23-59-31-11-3-7-27-35(31)42-49-39(27)46-40-28-8-4-12-32-36(28)44(50-40)52-43-34-26(38(48-43)45-37(25)47-41(33)51-42)6-2-10-30(34)58-22-19-55-15-16-56-20-24-60-32;/h1-12H,13-24H2;/q-2;+2. The first-order chi connectivity index (χ1) is 29.8. The SMILES string of the molecule is [Zn+2].c1cc2c3c(c1)-c1nc-3nc3[n-]c(nc4nc5nc6[n-]c(n1)c1cccc(c61)OCCOCCOCCOc1cccc-4c1-5)c1cccc(c31)OCCOCCOCCO2. The summed E-state index contributed by atoms with van der Waals surface area (Å²) in [6.45, 7) is 4.25. The number of hydrogen-bond donors (Lipinski definition) is 0. The van der Waals surface area contributed by atoms with E-state index in [4.69, 9.17) is 77.8 Å². The fraction of sp³-hybridized carbons (Fsp3) is 0.273. The quantitative estimate of drug-likeness (QED) is 0.169. The third-order valence-electron chi connectivity index (χ3n) is 10.3. The topological polar surface area (TPSA) is 179 Å². The Hall–Kier alpha value is -6.10. The average molecular weight is 870 g/mol. The van der Waals surface area contributed by atoms with Gasteiger partial charge in [0.05, 0.1) is 87.3 Å². The Morgan fingerprint density at radius 2 is 0.689 bits per heavy atom. The van der Waals surface area contributed by atoms with E-state index in [0.29, 0.717) is 192 Å². The first-order valence-corrected chi connectivity index (χ1v) is 19.8. The summed E-state index contributed by atoms with van der Waals surface area (Å²) < 4.78 is 48.6. The molecule has 16 nitrogen and oxygen atoms in total. The molecule has 7 aromatic rings. The molecule has 11 rings (SSSR count). The summed E-state index contributed by atoms with van der Waals surface area (Å²) in [6, 6.07) is 22.9. The molecule has 302 valence electrons. The van der Waals surface area contributed by atoms with E-state index in [9.17, 15) is 0 Å². The zero-order valence-electron chi connectivity index (χ0n) is 33.0. The van der Waals surface area contributed by atoms with E-state index in [1.807, 2.05) is 72.8 Å². The molecule has 3 aromatic heterocycles. The van der Waals surface area contributed by atoms with Crippen molar-refractivity contribution in [2.45, 2.75) is 0 Å². The van der Waals surface area contributed by atoms with Crippen LogP contribution in [-0.2, 0) is 38.4 Å². The van der Waals surface area contributed by atoms with E-state index < -0.39 is 0 Å². The minimum atomic E-state index is 0. The summed E-state index contributed by atoms with van der Waals surface area (Å²) in [5.41, 5.74) is 4.21. The Bertz CT molecular complexity index is 2760. The van der Waals surface area contributed by atoms with Gasteiger partial charge < -0.3 is 67.8 Å². The monoisotopic (exact) mass is 868 g/mol. The van der Waals surface area contributed by atoms with Gasteiger partial charge in [0.15, 0.2) is 0 Å². The van der Waals surface area contributed by atoms with E-state index in [0.717, 1.165) is 0 Å². The molecule has 0 fully saturated rings. The van der Waals surface area contributed by atoms with Crippen LogP contribution in [0.5, 0.6) is 23.0 Å². The first-order valence-electron chi connectivity index (χ1n) is 19.8. The molecule has 0 N–H and O–H groups in total. The van der Waals surface area contributed by atoms with Gasteiger partial charge in [0, 0.05) is 44.5 Å². The van der Waals surface area contributed by atoms with Gasteiger partial charge in [0.25, 0.3) is 0 Å². The zero-order chi connectivity index (χ0) is 39.8. The molecule has 0 saturated carbocycles. The average Bonchev–Trinajstić information content (AvgIpc) is 4.01. The van der Waals surface area contributed by atoms with E-state index in [2.05, 4.69) is 0 Å². The fourth-order valence-electron chi connectivity index (χ4n) is 7.69. The van der Waals surface area contributed by atoms with E-state index >= 15 is 0 Å². The van der Waals surface area contributed by atoms with Crippen LogP contribution in [0.2, 0.25) is 0 Å². The van der Waals surface area contributed by atoms with Crippen molar-refractivity contribution < 1.29 is 57.4 Å². The molecule has 0 atom stereocenters. The van der Waals surface area contributed by atoms with Crippen LogP contribution < -0.4 is 28.9 Å². The summed E-state index contributed by atoms with van der Waals surface area (Å²) in [7, 11) is 0. The predicted molar refractivity (Wildman–Crippen MR) is 219 cm³/mol. The van der Waals surface area contributed by atoms with Gasteiger partial charge in [-0.05, 0) is 35.0 Å². The molecule has 7 heterocycles. The Kier molecular flexibility index (Phi) is 11.0. The molecule has 0 amide bonds. The molecular weight excluding hydrogens is 834 g/mol. The zero-order valence-corrected chi connectivity index (χ0v) is 35.9. The largest absolute Gasteiger partial charge is 2.00 e. The molecule has 0 unspecified atom stereocenters. The molecule has 4 aliphatic heterocycles. The minimum absolute atomic E-state index is 0. The number of hydrogen-bond acceptors (Lipinski definition) is 14. The number of nitrogens with zero attached hydrogens (tertiary/aromatic N) is 8. The molecule has 0 saturated heterocycles. The Balaban J connectivity index is 0.00000445. The van der Waals surface area contributed by atoms with Crippen LogP contribution in [0.3, 0.4) is 0 Å². The normalized spacial score (nSPS) is 15.9. The van der Waals surface area contributed by atoms with Crippen molar-refractivity contribution in [3.8, 4) is 68.5 Å². The van der Waals surface area contributed by atoms with Crippen LogP contribution in [0.1, 0.15) is 0 Å². The number of fused-ring (bicyclic) bond motifs is 8. The fourth-order valence-corrected chi connectivity index (χ4v) is 7.69. The van der Waals surface area contributed by atoms with E-state index in [-0.39, 0.29) is 19.5 Å². The van der Waals surface area contributed by atoms with Gasteiger partial charge in [0.1, 0.15) is 49.4 Å². The Morgan fingerprint density at radius 3 is 1.11 bits per heavy atom. The van der Waals surface area contributed by atoms with Gasteiger partial charge in [-0.15, -0.1) is 0 Å². The van der Waals surface area contributed by atoms with Gasteiger partial charge in [-0.1, -0.05) is 48.5 Å². The summed E-state index contributed by atoms with van der Waals surface area (Å²) in [5, 5.41) is 2.73. The molecule has 4 aromatic carbocycles. The van der Waals surface area contributed by atoms with Gasteiger partial charge in [-0.3, -0.25) is 0 Å². The van der Waals surface area contributed by atoms with Crippen molar-refractivity contribution in [3.63, 3.8) is 0 Å². The van der Waals surface area contributed by atoms with Crippen molar-refractivity contribution >= 4 is 44.1 Å². The van der Waals surface area contributed by atoms with Crippen molar-refractivity contribution in [1.82, 2.24) is 39.9 Å². The number of benzene rings is 4.